The molecule has 29 heavy (non-hydrogen) atoms. The van der Waals surface area contributed by atoms with E-state index in [0.29, 0.717) is 17.7 Å². The minimum absolute atomic E-state index is 0.0839. The van der Waals surface area contributed by atoms with Crippen LogP contribution in [-0.4, -0.2) is 30.3 Å². The Morgan fingerprint density at radius 2 is 1.76 bits per heavy atom. The van der Waals surface area contributed by atoms with Crippen LogP contribution in [0.25, 0.3) is 0 Å². The van der Waals surface area contributed by atoms with E-state index in [1.165, 1.54) is 0 Å². The van der Waals surface area contributed by atoms with Gasteiger partial charge in [-0.2, -0.15) is 0 Å². The summed E-state index contributed by atoms with van der Waals surface area (Å²) >= 11 is 3.38. The lowest BCUT2D eigenvalue weighted by Gasteiger charge is -2.23. The van der Waals surface area contributed by atoms with Crippen LogP contribution in [-0.2, 0) is 9.59 Å². The minimum Gasteiger partial charge on any atom is -0.345 e. The standard InChI is InChI=1S/C22H26BrN3O3/c1-4-14(2)20(26-21(28)16-8-6-5-7-9-16)22(29)24-13-19(27)25-18-11-10-17(23)12-15(18)3/h5-12,14,20H,4,13H2,1-3H3,(H,24,29)(H,25,27)(H,26,28)/t14-,20-/m0/s1. The Kier molecular flexibility index (Phi) is 8.39. The first-order chi connectivity index (χ1) is 13.8. The number of rotatable bonds is 8. The summed E-state index contributed by atoms with van der Waals surface area (Å²) in [7, 11) is 0. The van der Waals surface area contributed by atoms with Crippen molar-refractivity contribution in [2.24, 2.45) is 5.92 Å². The zero-order valence-electron chi connectivity index (χ0n) is 16.8. The fourth-order valence-corrected chi connectivity index (χ4v) is 3.23. The van der Waals surface area contributed by atoms with Gasteiger partial charge in [0.15, 0.2) is 0 Å². The lowest BCUT2D eigenvalue weighted by atomic mass is 9.98. The molecule has 0 bridgehead atoms. The van der Waals surface area contributed by atoms with Crippen LogP contribution in [0.5, 0.6) is 0 Å². The van der Waals surface area contributed by atoms with Crippen LogP contribution in [0.3, 0.4) is 0 Å². The largest absolute Gasteiger partial charge is 0.345 e. The summed E-state index contributed by atoms with van der Waals surface area (Å²) in [6.07, 6.45) is 0.706. The van der Waals surface area contributed by atoms with E-state index in [1.54, 1.807) is 30.3 Å². The number of amides is 3. The van der Waals surface area contributed by atoms with E-state index in [1.807, 2.05) is 39.0 Å². The number of anilines is 1. The molecule has 7 heteroatoms. The lowest BCUT2D eigenvalue weighted by Crippen LogP contribution is -2.51. The summed E-state index contributed by atoms with van der Waals surface area (Å²) in [5, 5.41) is 8.20. The number of hydrogen-bond acceptors (Lipinski definition) is 3. The van der Waals surface area contributed by atoms with Gasteiger partial charge in [0.2, 0.25) is 11.8 Å². The fourth-order valence-electron chi connectivity index (χ4n) is 2.76. The van der Waals surface area contributed by atoms with Crippen LogP contribution >= 0.6 is 15.9 Å². The zero-order chi connectivity index (χ0) is 21.4. The molecular weight excluding hydrogens is 434 g/mol. The third kappa shape index (κ3) is 6.71. The first kappa shape index (κ1) is 22.6. The van der Waals surface area contributed by atoms with Gasteiger partial charge >= 0.3 is 0 Å². The minimum atomic E-state index is -0.727. The van der Waals surface area contributed by atoms with Gasteiger partial charge in [0, 0.05) is 15.7 Å². The Balaban J connectivity index is 1.96. The summed E-state index contributed by atoms with van der Waals surface area (Å²) in [6, 6.07) is 13.5. The van der Waals surface area contributed by atoms with Crippen LogP contribution in [0.1, 0.15) is 36.2 Å². The molecule has 0 unspecified atom stereocenters. The number of nitrogens with one attached hydrogen (secondary N) is 3. The fraction of sp³-hybridized carbons (Fsp3) is 0.318. The van der Waals surface area contributed by atoms with Gasteiger partial charge in [-0.05, 0) is 48.7 Å². The monoisotopic (exact) mass is 459 g/mol. The van der Waals surface area contributed by atoms with Crippen LogP contribution in [0.15, 0.2) is 53.0 Å². The van der Waals surface area contributed by atoms with Crippen molar-refractivity contribution >= 4 is 39.3 Å². The van der Waals surface area contributed by atoms with Crippen LogP contribution in [0.2, 0.25) is 0 Å². The maximum Gasteiger partial charge on any atom is 0.251 e. The summed E-state index contributed by atoms with van der Waals surface area (Å²) in [4.78, 5) is 37.4. The zero-order valence-corrected chi connectivity index (χ0v) is 18.4. The number of aryl methyl sites for hydroxylation is 1. The first-order valence-electron chi connectivity index (χ1n) is 9.51. The second-order valence-corrected chi connectivity index (χ2v) is 7.84. The number of halogens is 1. The van der Waals surface area contributed by atoms with Gasteiger partial charge in [-0.3, -0.25) is 14.4 Å². The van der Waals surface area contributed by atoms with E-state index in [9.17, 15) is 14.4 Å². The molecule has 0 heterocycles. The van der Waals surface area contributed by atoms with Crippen molar-refractivity contribution in [3.63, 3.8) is 0 Å². The Morgan fingerprint density at radius 1 is 1.07 bits per heavy atom. The maximum atomic E-state index is 12.7. The van der Waals surface area contributed by atoms with E-state index < -0.39 is 6.04 Å². The molecule has 3 amide bonds. The molecule has 0 saturated carbocycles. The van der Waals surface area contributed by atoms with Crippen molar-refractivity contribution in [2.45, 2.75) is 33.2 Å². The summed E-state index contributed by atoms with van der Waals surface area (Å²) < 4.78 is 0.923. The summed E-state index contributed by atoms with van der Waals surface area (Å²) in [6.45, 7) is 5.54. The van der Waals surface area contributed by atoms with Crippen molar-refractivity contribution in [3.05, 3.63) is 64.1 Å². The smallest absolute Gasteiger partial charge is 0.251 e. The highest BCUT2D eigenvalue weighted by molar-refractivity contribution is 9.10. The number of carbonyl (C=O) groups is 3. The van der Waals surface area contributed by atoms with Gasteiger partial charge in [-0.1, -0.05) is 54.4 Å². The molecule has 2 aromatic rings. The van der Waals surface area contributed by atoms with E-state index in [4.69, 9.17) is 0 Å². The molecule has 0 radical (unpaired) electrons. The molecule has 0 aliphatic rings. The summed E-state index contributed by atoms with van der Waals surface area (Å²) in [5.41, 5.74) is 2.08. The van der Waals surface area contributed by atoms with Gasteiger partial charge in [0.25, 0.3) is 5.91 Å². The van der Waals surface area contributed by atoms with Crippen molar-refractivity contribution < 1.29 is 14.4 Å². The van der Waals surface area contributed by atoms with Gasteiger partial charge in [0.1, 0.15) is 6.04 Å². The topological polar surface area (TPSA) is 87.3 Å². The molecule has 154 valence electrons. The van der Waals surface area contributed by atoms with E-state index >= 15 is 0 Å². The van der Waals surface area contributed by atoms with Crippen molar-refractivity contribution in [2.75, 3.05) is 11.9 Å². The number of hydrogen-bond donors (Lipinski definition) is 3. The first-order valence-corrected chi connectivity index (χ1v) is 10.3. The molecule has 2 rings (SSSR count). The quantitative estimate of drug-likeness (QED) is 0.562. The summed E-state index contributed by atoms with van der Waals surface area (Å²) in [5.74, 6) is -1.12. The average Bonchev–Trinajstić information content (AvgIpc) is 2.72. The van der Waals surface area contributed by atoms with Crippen LogP contribution in [0.4, 0.5) is 5.69 Å². The highest BCUT2D eigenvalue weighted by atomic mass is 79.9. The van der Waals surface area contributed by atoms with Gasteiger partial charge in [0.05, 0.1) is 6.54 Å². The Bertz CT molecular complexity index is 871. The Hall–Kier alpha value is -2.67. The average molecular weight is 460 g/mol. The van der Waals surface area contributed by atoms with Crippen LogP contribution in [0, 0.1) is 12.8 Å². The van der Waals surface area contributed by atoms with E-state index in [-0.39, 0.29) is 30.2 Å². The molecule has 0 aromatic heterocycles. The Morgan fingerprint density at radius 3 is 2.38 bits per heavy atom. The SMILES string of the molecule is CC[C@H](C)[C@H](NC(=O)c1ccccc1)C(=O)NCC(=O)Nc1ccc(Br)cc1C. The predicted molar refractivity (Wildman–Crippen MR) is 118 cm³/mol. The molecule has 0 fully saturated rings. The molecule has 0 spiro atoms. The molecule has 0 aliphatic carbocycles. The molecular formula is C22H26BrN3O3. The van der Waals surface area contributed by atoms with Crippen molar-refractivity contribution in [1.29, 1.82) is 0 Å². The molecule has 0 saturated heterocycles. The molecule has 2 aromatic carbocycles. The third-order valence-electron chi connectivity index (χ3n) is 4.70. The highest BCUT2D eigenvalue weighted by Gasteiger charge is 2.26. The maximum absolute atomic E-state index is 12.7. The van der Waals surface area contributed by atoms with Crippen LogP contribution < -0.4 is 16.0 Å². The van der Waals surface area contributed by atoms with Crippen molar-refractivity contribution in [3.8, 4) is 0 Å². The van der Waals surface area contributed by atoms with Gasteiger partial charge in [-0.25, -0.2) is 0 Å². The molecule has 0 aliphatic heterocycles. The normalized spacial score (nSPS) is 12.6. The molecule has 6 nitrogen and oxygen atoms in total. The molecule has 3 N–H and O–H groups in total. The van der Waals surface area contributed by atoms with E-state index in [2.05, 4.69) is 31.9 Å². The second kappa shape index (κ2) is 10.8. The predicted octanol–water partition coefficient (Wildman–Crippen LogP) is 3.66. The number of benzene rings is 2. The molecule has 2 atom stereocenters. The highest BCUT2D eigenvalue weighted by Crippen LogP contribution is 2.19. The Labute approximate surface area is 179 Å². The lowest BCUT2D eigenvalue weighted by molar-refractivity contribution is -0.126. The number of carbonyl (C=O) groups excluding carboxylic acids is 3. The van der Waals surface area contributed by atoms with E-state index in [0.717, 1.165) is 10.0 Å². The third-order valence-corrected chi connectivity index (χ3v) is 5.20. The van der Waals surface area contributed by atoms with Gasteiger partial charge < -0.3 is 16.0 Å². The second-order valence-electron chi connectivity index (χ2n) is 6.93. The van der Waals surface area contributed by atoms with Crippen molar-refractivity contribution in [1.82, 2.24) is 10.6 Å². The van der Waals surface area contributed by atoms with Gasteiger partial charge in [-0.15, -0.1) is 0 Å².